The quantitative estimate of drug-likeness (QED) is 0.285. The van der Waals surface area contributed by atoms with Gasteiger partial charge in [0.25, 0.3) is 7.94 Å². The predicted octanol–water partition coefficient (Wildman–Crippen LogP) is -3.16. The molecule has 0 saturated heterocycles. The summed E-state index contributed by atoms with van der Waals surface area (Å²) in [6, 6.07) is 0. The van der Waals surface area contributed by atoms with E-state index in [4.69, 9.17) is 0 Å². The predicted molar refractivity (Wildman–Crippen MR) is 55.7 cm³/mol. The molecule has 0 saturated carbocycles. The van der Waals surface area contributed by atoms with Crippen molar-refractivity contribution in [1.82, 2.24) is 0 Å². The minimum absolute atomic E-state index is 0. The Kier molecular flexibility index (Phi) is 9.86. The number of rotatable bonds is 6. The maximum atomic E-state index is 12.1. The summed E-state index contributed by atoms with van der Waals surface area (Å²) >= 11 is 0. The molecule has 0 rings (SSSR count). The third kappa shape index (κ3) is 4.28. The second kappa shape index (κ2) is 8.12. The first kappa shape index (κ1) is 21.9. The molecule has 0 aliphatic rings. The van der Waals surface area contributed by atoms with Gasteiger partial charge in [-0.25, -0.2) is 9.05 Å². The van der Waals surface area contributed by atoms with Gasteiger partial charge in [0, 0.05) is 21.0 Å². The first-order valence-electron chi connectivity index (χ1n) is 4.38. The normalized spacial score (nSPS) is 18.2. The summed E-state index contributed by atoms with van der Waals surface area (Å²) in [5, 5.41) is -2.54. The van der Waals surface area contributed by atoms with Gasteiger partial charge in [0.2, 0.25) is 7.60 Å². The Hall–Kier alpha value is 1.57. The van der Waals surface area contributed by atoms with Crippen molar-refractivity contribution < 1.29 is 88.8 Å². The van der Waals surface area contributed by atoms with E-state index in [-0.39, 0.29) is 51.4 Å². The van der Waals surface area contributed by atoms with Gasteiger partial charge in [0.05, 0.1) is 14.2 Å². The average molecular weight is 328 g/mol. The monoisotopic (exact) mass is 328 g/mol. The molecular weight excluding hydrogens is 313 g/mol. The summed E-state index contributed by atoms with van der Waals surface area (Å²) in [4.78, 5) is 34.8. The Morgan fingerprint density at radius 2 is 1.67 bits per heavy atom. The smallest absolute Gasteiger partial charge is 0.773 e. The third-order valence-corrected chi connectivity index (χ3v) is 7.20. The molecule has 0 aromatic heterocycles. The molecule has 11 heteroatoms. The number of hydrogen-bond donors (Lipinski definition) is 0. The minimum Gasteiger partial charge on any atom is -0.773 e. The Morgan fingerprint density at radius 3 is 1.89 bits per heavy atom. The number of hydrogen-bond acceptors (Lipinski definition) is 8. The van der Waals surface area contributed by atoms with Crippen molar-refractivity contribution in [3.8, 4) is 0 Å². The fourth-order valence-electron chi connectivity index (χ4n) is 1.12. The van der Waals surface area contributed by atoms with Crippen molar-refractivity contribution in [3.05, 3.63) is 0 Å². The van der Waals surface area contributed by atoms with Crippen LogP contribution in [0.3, 0.4) is 0 Å². The Morgan fingerprint density at radius 1 is 1.28 bits per heavy atom. The summed E-state index contributed by atoms with van der Waals surface area (Å²) in [7, 11) is -6.25. The fourth-order valence-corrected chi connectivity index (χ4v) is 4.70. The van der Waals surface area contributed by atoms with Crippen molar-refractivity contribution >= 4 is 21.5 Å². The van der Waals surface area contributed by atoms with Crippen LogP contribution in [-0.2, 0) is 27.7 Å². The molecular formula is C7H15KO8P2. The molecule has 0 aliphatic carbocycles. The van der Waals surface area contributed by atoms with Crippen LogP contribution in [0.5, 0.6) is 0 Å². The zero-order valence-corrected chi connectivity index (χ0v) is 16.1. The van der Waals surface area contributed by atoms with Crippen LogP contribution in [0.4, 0.5) is 0 Å². The molecule has 0 aromatic carbocycles. The summed E-state index contributed by atoms with van der Waals surface area (Å²) < 4.78 is 29.6. The van der Waals surface area contributed by atoms with Crippen molar-refractivity contribution in [1.29, 1.82) is 0 Å². The van der Waals surface area contributed by atoms with Crippen LogP contribution in [-0.4, -0.2) is 32.4 Å². The first-order valence-corrected chi connectivity index (χ1v) is 7.47. The molecule has 0 fully saturated rings. The Bertz CT molecular complexity index is 333. The Labute approximate surface area is 149 Å². The van der Waals surface area contributed by atoms with Crippen LogP contribution in [0.15, 0.2) is 0 Å². The van der Waals surface area contributed by atoms with Crippen molar-refractivity contribution in [2.45, 2.75) is 18.9 Å². The van der Waals surface area contributed by atoms with Crippen LogP contribution < -0.4 is 61.2 Å². The van der Waals surface area contributed by atoms with Crippen LogP contribution >= 0.6 is 15.5 Å². The van der Waals surface area contributed by atoms with E-state index in [1.54, 1.807) is 0 Å². The number of carbonyl (C=O) groups is 1. The van der Waals surface area contributed by atoms with Gasteiger partial charge < -0.3 is 23.6 Å². The molecule has 18 heavy (non-hydrogen) atoms. The summed E-state index contributed by atoms with van der Waals surface area (Å²) in [5.74, 6) is -0.963. The van der Waals surface area contributed by atoms with Gasteiger partial charge >= 0.3 is 62.4 Å². The van der Waals surface area contributed by atoms with E-state index in [2.05, 4.69) is 18.3 Å². The second-order valence-electron chi connectivity index (χ2n) is 3.07. The topological polar surface area (TPSA) is 117 Å². The second-order valence-corrected chi connectivity index (χ2v) is 8.22. The van der Waals surface area contributed by atoms with Crippen LogP contribution in [0.25, 0.3) is 0 Å². The number of esters is 1. The summed E-state index contributed by atoms with van der Waals surface area (Å²) in [6.07, 6.45) is 0. The molecule has 0 spiro atoms. The zero-order chi connectivity index (χ0) is 13.9. The van der Waals surface area contributed by atoms with Crippen LogP contribution in [0, 0.1) is 0 Å². The van der Waals surface area contributed by atoms with Gasteiger partial charge in [0.1, 0.15) is 0 Å². The van der Waals surface area contributed by atoms with E-state index in [0.717, 1.165) is 35.2 Å². The molecule has 0 bridgehead atoms. The van der Waals surface area contributed by atoms with E-state index < -0.39 is 26.6 Å². The SMILES string of the molecule is COP(=O)([O-])C(C)(OC(C)=O)[P+]([O-])(OC)OC.[K+]. The first-order chi connectivity index (χ1) is 7.60. The van der Waals surface area contributed by atoms with Gasteiger partial charge in [-0.2, -0.15) is 0 Å². The third-order valence-electron chi connectivity index (χ3n) is 2.07. The average Bonchev–Trinajstić information content (AvgIpc) is 2.26. The van der Waals surface area contributed by atoms with E-state index in [1.165, 1.54) is 0 Å². The molecule has 0 heterocycles. The van der Waals surface area contributed by atoms with Gasteiger partial charge in [-0.3, -0.25) is 4.79 Å². The van der Waals surface area contributed by atoms with Crippen LogP contribution in [0.2, 0.25) is 0 Å². The maximum Gasteiger partial charge on any atom is 1.00 e. The maximum absolute atomic E-state index is 12.1. The molecule has 8 nitrogen and oxygen atoms in total. The summed E-state index contributed by atoms with van der Waals surface area (Å²) in [6.45, 7) is 1.85. The van der Waals surface area contributed by atoms with Crippen molar-refractivity contribution in [3.63, 3.8) is 0 Å². The van der Waals surface area contributed by atoms with E-state index >= 15 is 0 Å². The molecule has 0 aromatic rings. The number of carbonyl (C=O) groups excluding carboxylic acids is 1. The van der Waals surface area contributed by atoms with E-state index in [1.807, 2.05) is 0 Å². The van der Waals surface area contributed by atoms with Gasteiger partial charge in [-0.1, -0.05) is 0 Å². The zero-order valence-electron chi connectivity index (χ0n) is 11.2. The molecule has 0 aliphatic heterocycles. The molecule has 0 N–H and O–H groups in total. The minimum atomic E-state index is -4.81. The molecule has 2 atom stereocenters. The van der Waals surface area contributed by atoms with Crippen molar-refractivity contribution in [2.75, 3.05) is 21.3 Å². The largest absolute Gasteiger partial charge is 1.00 e. The Balaban J connectivity index is 0. The fraction of sp³-hybridized carbons (Fsp3) is 0.857. The molecule has 102 valence electrons. The standard InChI is InChI=1S/C7H16O8P2.K/c1-6(8)15-7(2,16(9,10)12-3)17(11,13-4)14-5;/h1-5H3,(H,9,10);/q;+1/p-1. The molecule has 2 unspecified atom stereocenters. The van der Waals surface area contributed by atoms with Crippen LogP contribution in [0.1, 0.15) is 13.8 Å². The number of ether oxygens (including phenoxy) is 1. The molecule has 0 radical (unpaired) electrons. The summed E-state index contributed by atoms with van der Waals surface area (Å²) in [5.41, 5.74) is 0. The van der Waals surface area contributed by atoms with E-state index in [0.29, 0.717) is 0 Å². The van der Waals surface area contributed by atoms with Gasteiger partial charge in [0.15, 0.2) is 0 Å². The van der Waals surface area contributed by atoms with Crippen molar-refractivity contribution in [2.24, 2.45) is 0 Å². The van der Waals surface area contributed by atoms with E-state index in [9.17, 15) is 19.1 Å². The molecule has 0 amide bonds. The van der Waals surface area contributed by atoms with Gasteiger partial charge in [-0.05, 0) is 0 Å². The van der Waals surface area contributed by atoms with Gasteiger partial charge in [-0.15, -0.1) is 0 Å².